The molecule has 0 radical (unpaired) electrons. The fourth-order valence-electron chi connectivity index (χ4n) is 0.700. The Hall–Kier alpha value is -0.770. The highest BCUT2D eigenvalue weighted by Crippen LogP contribution is 2.27. The van der Waals surface area contributed by atoms with E-state index in [0.29, 0.717) is 10.2 Å². The van der Waals surface area contributed by atoms with Crippen molar-refractivity contribution in [3.8, 4) is 5.75 Å². The summed E-state index contributed by atoms with van der Waals surface area (Å²) in [6.07, 6.45) is 0. The highest BCUT2D eigenvalue weighted by molar-refractivity contribution is 9.10. The van der Waals surface area contributed by atoms with E-state index in [0.717, 1.165) is 0 Å². The fraction of sp³-hybridized carbons (Fsp3) is 0.143. The molecule has 0 saturated heterocycles. The second kappa shape index (κ2) is 3.09. The molecule has 0 heterocycles. The Labute approximate surface area is 72.3 Å². The van der Waals surface area contributed by atoms with E-state index >= 15 is 0 Å². The van der Waals surface area contributed by atoms with Crippen LogP contribution < -0.4 is 10.5 Å². The molecular formula is C7H7BrFNO. The van der Waals surface area contributed by atoms with Crippen LogP contribution >= 0.6 is 15.9 Å². The molecule has 1 aromatic rings. The minimum Gasteiger partial charge on any atom is -0.494 e. The van der Waals surface area contributed by atoms with Crippen molar-refractivity contribution in [3.05, 3.63) is 22.4 Å². The molecule has 1 aromatic carbocycles. The first-order valence-corrected chi connectivity index (χ1v) is 3.73. The molecule has 60 valence electrons. The maximum atomic E-state index is 12.8. The molecule has 4 heteroatoms. The number of rotatable bonds is 1. The summed E-state index contributed by atoms with van der Waals surface area (Å²) in [4.78, 5) is 0. The zero-order valence-corrected chi connectivity index (χ0v) is 7.48. The summed E-state index contributed by atoms with van der Waals surface area (Å²) in [5.41, 5.74) is 5.77. The molecule has 0 saturated carbocycles. The van der Waals surface area contributed by atoms with Crippen molar-refractivity contribution in [2.45, 2.75) is 0 Å². The summed E-state index contributed by atoms with van der Waals surface area (Å²) in [7, 11) is 1.40. The lowest BCUT2D eigenvalue weighted by Crippen LogP contribution is -1.92. The molecule has 0 aliphatic carbocycles. The first-order chi connectivity index (χ1) is 5.15. The SMILES string of the molecule is COc1cc(Br)c(N)cc1F. The lowest BCUT2D eigenvalue weighted by Gasteiger charge is -2.03. The highest BCUT2D eigenvalue weighted by Gasteiger charge is 2.05. The summed E-state index contributed by atoms with van der Waals surface area (Å²) < 4.78 is 18.2. The van der Waals surface area contributed by atoms with Gasteiger partial charge in [0.2, 0.25) is 0 Å². The minimum atomic E-state index is -0.451. The van der Waals surface area contributed by atoms with Gasteiger partial charge in [0.15, 0.2) is 11.6 Å². The predicted molar refractivity (Wildman–Crippen MR) is 45.1 cm³/mol. The van der Waals surface area contributed by atoms with E-state index in [9.17, 15) is 4.39 Å². The van der Waals surface area contributed by atoms with E-state index in [-0.39, 0.29) is 5.75 Å². The highest BCUT2D eigenvalue weighted by atomic mass is 79.9. The van der Waals surface area contributed by atoms with Gasteiger partial charge in [-0.1, -0.05) is 0 Å². The van der Waals surface area contributed by atoms with Crippen LogP contribution in [0.15, 0.2) is 16.6 Å². The van der Waals surface area contributed by atoms with Gasteiger partial charge in [-0.3, -0.25) is 0 Å². The topological polar surface area (TPSA) is 35.2 Å². The van der Waals surface area contributed by atoms with Crippen molar-refractivity contribution < 1.29 is 9.13 Å². The van der Waals surface area contributed by atoms with Crippen LogP contribution in [0.25, 0.3) is 0 Å². The van der Waals surface area contributed by atoms with Crippen LogP contribution in [0.1, 0.15) is 0 Å². The normalized spacial score (nSPS) is 9.73. The van der Waals surface area contributed by atoms with E-state index in [1.54, 1.807) is 0 Å². The van der Waals surface area contributed by atoms with Gasteiger partial charge in [-0.2, -0.15) is 0 Å². The molecule has 0 amide bonds. The molecule has 0 spiro atoms. The summed E-state index contributed by atoms with van der Waals surface area (Å²) in [5.74, 6) is -0.265. The van der Waals surface area contributed by atoms with Crippen LogP contribution in [-0.4, -0.2) is 7.11 Å². The number of halogens is 2. The number of nitrogen functional groups attached to an aromatic ring is 1. The molecule has 0 aliphatic rings. The number of hydrogen-bond donors (Lipinski definition) is 1. The van der Waals surface area contributed by atoms with Crippen molar-refractivity contribution in [2.75, 3.05) is 12.8 Å². The molecule has 0 atom stereocenters. The van der Waals surface area contributed by atoms with Crippen molar-refractivity contribution in [3.63, 3.8) is 0 Å². The molecule has 2 N–H and O–H groups in total. The lowest BCUT2D eigenvalue weighted by molar-refractivity contribution is 0.386. The molecule has 2 nitrogen and oxygen atoms in total. The van der Waals surface area contributed by atoms with E-state index in [1.807, 2.05) is 0 Å². The Morgan fingerprint density at radius 3 is 2.73 bits per heavy atom. The van der Waals surface area contributed by atoms with E-state index in [4.69, 9.17) is 10.5 Å². The second-order valence-electron chi connectivity index (χ2n) is 2.01. The lowest BCUT2D eigenvalue weighted by atomic mass is 10.3. The standard InChI is InChI=1S/C7H7BrFNO/c1-11-7-2-4(8)6(10)3-5(7)9/h2-3H,10H2,1H3. The zero-order valence-electron chi connectivity index (χ0n) is 5.90. The third-order valence-corrected chi connectivity index (χ3v) is 1.96. The third-order valence-electron chi connectivity index (χ3n) is 1.27. The van der Waals surface area contributed by atoms with Gasteiger partial charge in [0, 0.05) is 16.2 Å². The minimum absolute atomic E-state index is 0.186. The summed E-state index contributed by atoms with van der Waals surface area (Å²) >= 11 is 3.15. The van der Waals surface area contributed by atoms with Gasteiger partial charge in [0.1, 0.15) is 0 Å². The van der Waals surface area contributed by atoms with Gasteiger partial charge in [0.05, 0.1) is 7.11 Å². The zero-order chi connectivity index (χ0) is 8.43. The van der Waals surface area contributed by atoms with Crippen LogP contribution in [0.3, 0.4) is 0 Å². The number of methoxy groups -OCH3 is 1. The average Bonchev–Trinajstić information content (AvgIpc) is 1.97. The molecule has 11 heavy (non-hydrogen) atoms. The number of benzene rings is 1. The summed E-state index contributed by atoms with van der Waals surface area (Å²) in [6.45, 7) is 0. The van der Waals surface area contributed by atoms with Gasteiger partial charge in [-0.15, -0.1) is 0 Å². The number of ether oxygens (including phenoxy) is 1. The third kappa shape index (κ3) is 1.63. The Kier molecular flexibility index (Phi) is 2.34. The number of anilines is 1. The Balaban J connectivity index is 3.21. The van der Waals surface area contributed by atoms with E-state index < -0.39 is 5.82 Å². The molecule has 0 aromatic heterocycles. The molecule has 0 fully saturated rings. The predicted octanol–water partition coefficient (Wildman–Crippen LogP) is 2.18. The smallest absolute Gasteiger partial charge is 0.167 e. The monoisotopic (exact) mass is 219 g/mol. The van der Waals surface area contributed by atoms with E-state index in [1.165, 1.54) is 19.2 Å². The first kappa shape index (κ1) is 8.33. The largest absolute Gasteiger partial charge is 0.494 e. The van der Waals surface area contributed by atoms with Crippen LogP contribution in [0, 0.1) is 5.82 Å². The van der Waals surface area contributed by atoms with Crippen molar-refractivity contribution in [2.24, 2.45) is 0 Å². The van der Waals surface area contributed by atoms with Crippen LogP contribution in [0.2, 0.25) is 0 Å². The van der Waals surface area contributed by atoms with Crippen LogP contribution in [0.4, 0.5) is 10.1 Å². The maximum absolute atomic E-state index is 12.8. The molecule has 1 rings (SSSR count). The number of nitrogens with two attached hydrogens (primary N) is 1. The maximum Gasteiger partial charge on any atom is 0.167 e. The van der Waals surface area contributed by atoms with Crippen molar-refractivity contribution in [1.29, 1.82) is 0 Å². The summed E-state index contributed by atoms with van der Waals surface area (Å²) in [5, 5.41) is 0. The Bertz CT molecular complexity index is 277. The molecular weight excluding hydrogens is 213 g/mol. The van der Waals surface area contributed by atoms with Gasteiger partial charge in [0.25, 0.3) is 0 Å². The van der Waals surface area contributed by atoms with Gasteiger partial charge in [-0.05, 0) is 22.0 Å². The second-order valence-corrected chi connectivity index (χ2v) is 2.86. The van der Waals surface area contributed by atoms with Crippen molar-refractivity contribution >= 4 is 21.6 Å². The molecule has 0 aliphatic heterocycles. The quantitative estimate of drug-likeness (QED) is 0.736. The van der Waals surface area contributed by atoms with Crippen LogP contribution in [0.5, 0.6) is 5.75 Å². The van der Waals surface area contributed by atoms with Gasteiger partial charge in [-0.25, -0.2) is 4.39 Å². The first-order valence-electron chi connectivity index (χ1n) is 2.93. The van der Waals surface area contributed by atoms with Gasteiger partial charge >= 0.3 is 0 Å². The number of hydrogen-bond acceptors (Lipinski definition) is 2. The van der Waals surface area contributed by atoms with Crippen LogP contribution in [-0.2, 0) is 0 Å². The van der Waals surface area contributed by atoms with E-state index in [2.05, 4.69) is 15.9 Å². The molecule has 0 bridgehead atoms. The van der Waals surface area contributed by atoms with Crippen molar-refractivity contribution in [1.82, 2.24) is 0 Å². The summed E-state index contributed by atoms with van der Waals surface area (Å²) in [6, 6.07) is 2.70. The fourth-order valence-corrected chi connectivity index (χ4v) is 1.02. The van der Waals surface area contributed by atoms with Gasteiger partial charge < -0.3 is 10.5 Å². The Morgan fingerprint density at radius 1 is 1.55 bits per heavy atom. The Morgan fingerprint density at radius 2 is 2.18 bits per heavy atom. The average molecular weight is 220 g/mol. The molecule has 0 unspecified atom stereocenters.